The fourth-order valence-electron chi connectivity index (χ4n) is 4.99. The van der Waals surface area contributed by atoms with E-state index in [9.17, 15) is 57.5 Å². The van der Waals surface area contributed by atoms with Crippen LogP contribution < -0.4 is 4.67 Å². The van der Waals surface area contributed by atoms with Crippen LogP contribution in [0.4, 0.5) is 58.4 Å². The number of fused-ring (bicyclic) bond motifs is 1. The summed E-state index contributed by atoms with van der Waals surface area (Å²) in [6.45, 7) is -2.07. The van der Waals surface area contributed by atoms with Gasteiger partial charge in [0.25, 0.3) is 0 Å². The minimum atomic E-state index is -7.49. The van der Waals surface area contributed by atoms with Crippen LogP contribution in [0.5, 0.6) is 0 Å². The van der Waals surface area contributed by atoms with Crippen LogP contribution in [-0.4, -0.2) is 90.1 Å². The molecule has 3 rings (SSSR count). The summed E-state index contributed by atoms with van der Waals surface area (Å²) in [5.41, 5.74) is -15.5. The van der Waals surface area contributed by atoms with Crippen molar-refractivity contribution in [3.63, 3.8) is 0 Å². The molecular weight excluding hydrogens is 648 g/mol. The molecule has 1 amide bonds. The van der Waals surface area contributed by atoms with Crippen LogP contribution in [0.2, 0.25) is 0 Å². The van der Waals surface area contributed by atoms with Gasteiger partial charge in [-0.25, -0.2) is 0 Å². The zero-order valence-electron chi connectivity index (χ0n) is 19.9. The summed E-state index contributed by atoms with van der Waals surface area (Å²) in [4.78, 5) is 13.4. The molecule has 40 heavy (non-hydrogen) atoms. The number of halogens is 14. The summed E-state index contributed by atoms with van der Waals surface area (Å²) in [6.07, 6.45) is -30.0. The number of hydrogen-bond donors (Lipinski definition) is 0. The second kappa shape index (κ2) is 9.53. The normalized spacial score (nSPS) is 23.3. The molecule has 1 saturated heterocycles. The summed E-state index contributed by atoms with van der Waals surface area (Å²) in [5, 5.41) is 0. The number of hydrogen-bond acceptors (Lipinski definition) is 5. The predicted molar refractivity (Wildman–Crippen MR) is 119 cm³/mol. The van der Waals surface area contributed by atoms with Crippen LogP contribution in [0, 0.1) is 0 Å². The van der Waals surface area contributed by atoms with Crippen molar-refractivity contribution >= 4 is 42.3 Å². The molecule has 0 N–H and O–H groups in total. The van der Waals surface area contributed by atoms with Crippen molar-refractivity contribution in [3.05, 3.63) is 29.8 Å². The molecule has 0 bridgehead atoms. The molecule has 0 aliphatic carbocycles. The van der Waals surface area contributed by atoms with Crippen molar-refractivity contribution in [3.8, 4) is 0 Å². The van der Waals surface area contributed by atoms with Gasteiger partial charge in [0.2, 0.25) is 0 Å². The fraction of sp³-hybridized carbons (Fsp3) is 0.632. The predicted octanol–water partition coefficient (Wildman–Crippen LogP) is 6.89. The SMILES string of the molecule is CN1C(=O)c2ccccc2N(C)P12(N(CCCl)CCCl)OC(C(F)(F)F)(C(F)(F)F)C(C(F)(F)F)(C(F)(F)F)O2. The first kappa shape index (κ1) is 33.0. The molecule has 1 spiro atoms. The van der Waals surface area contributed by atoms with Crippen molar-refractivity contribution in [2.75, 3.05) is 43.6 Å². The van der Waals surface area contributed by atoms with Crippen molar-refractivity contribution in [2.24, 2.45) is 0 Å². The molecule has 2 aliphatic rings. The molecule has 0 saturated carbocycles. The van der Waals surface area contributed by atoms with Crippen LogP contribution in [-0.2, 0) is 9.05 Å². The maximum absolute atomic E-state index is 14.6. The molecule has 0 atom stereocenters. The van der Waals surface area contributed by atoms with Crippen LogP contribution in [0.25, 0.3) is 0 Å². The van der Waals surface area contributed by atoms with E-state index in [1.807, 2.05) is 0 Å². The second-order valence-corrected chi connectivity index (χ2v) is 13.1. The van der Waals surface area contributed by atoms with Gasteiger partial charge in [-0.05, 0) is 0 Å². The van der Waals surface area contributed by atoms with E-state index < -0.39 is 85.4 Å². The van der Waals surface area contributed by atoms with Crippen molar-refractivity contribution in [2.45, 2.75) is 35.9 Å². The Morgan fingerprint density at radius 2 is 1.12 bits per heavy atom. The summed E-state index contributed by atoms with van der Waals surface area (Å²) in [7, 11) is -6.48. The van der Waals surface area contributed by atoms with E-state index in [2.05, 4.69) is 9.05 Å². The number of amides is 1. The summed E-state index contributed by atoms with van der Waals surface area (Å²) >= 11 is 11.3. The van der Waals surface area contributed by atoms with Crippen LogP contribution in [0.3, 0.4) is 0 Å². The third-order valence-electron chi connectivity index (χ3n) is 6.66. The van der Waals surface area contributed by atoms with Gasteiger partial charge in [-0.15, -0.1) is 0 Å². The molecule has 1 fully saturated rings. The van der Waals surface area contributed by atoms with E-state index in [1.54, 1.807) is 0 Å². The first-order valence-corrected chi connectivity index (χ1v) is 13.7. The number of alkyl halides is 14. The number of anilines is 1. The van der Waals surface area contributed by atoms with Crippen LogP contribution >= 0.6 is 30.7 Å². The van der Waals surface area contributed by atoms with Gasteiger partial charge in [0.1, 0.15) is 0 Å². The third kappa shape index (κ3) is 3.78. The summed E-state index contributed by atoms with van der Waals surface area (Å²) in [5.74, 6) is -3.19. The molecule has 2 aliphatic heterocycles. The van der Waals surface area contributed by atoms with Gasteiger partial charge in [-0.3, -0.25) is 0 Å². The number of nitrogens with zero attached hydrogens (tertiary/aromatic N) is 3. The first-order valence-electron chi connectivity index (χ1n) is 10.7. The zero-order chi connectivity index (χ0) is 31.0. The van der Waals surface area contributed by atoms with E-state index in [0.29, 0.717) is 14.1 Å². The first-order chi connectivity index (χ1) is 18.0. The van der Waals surface area contributed by atoms with Crippen LogP contribution in [0.15, 0.2) is 24.3 Å². The van der Waals surface area contributed by atoms with E-state index in [4.69, 9.17) is 23.2 Å². The Morgan fingerprint density at radius 1 is 0.750 bits per heavy atom. The van der Waals surface area contributed by atoms with E-state index in [1.165, 1.54) is 6.07 Å². The molecule has 21 heteroatoms. The van der Waals surface area contributed by atoms with Crippen molar-refractivity contribution < 1.29 is 66.5 Å². The van der Waals surface area contributed by atoms with Crippen molar-refractivity contribution in [1.29, 1.82) is 0 Å². The van der Waals surface area contributed by atoms with E-state index in [0.717, 1.165) is 18.2 Å². The number of rotatable bonds is 5. The summed E-state index contributed by atoms with van der Waals surface area (Å²) < 4.78 is 184. The van der Waals surface area contributed by atoms with Gasteiger partial charge < -0.3 is 0 Å². The molecule has 0 aromatic heterocycles. The Bertz CT molecular complexity index is 1090. The van der Waals surface area contributed by atoms with Gasteiger partial charge in [0.15, 0.2) is 0 Å². The van der Waals surface area contributed by atoms with Gasteiger partial charge in [-0.2, -0.15) is 0 Å². The Hall–Kier alpha value is -1.46. The zero-order valence-corrected chi connectivity index (χ0v) is 22.3. The number of carbonyl (C=O) groups is 1. The number of carbonyl (C=O) groups excluding carboxylic acids is 1. The number of benzene rings is 1. The quantitative estimate of drug-likeness (QED) is 0.195. The van der Waals surface area contributed by atoms with E-state index >= 15 is 0 Å². The number of para-hydroxylation sites is 1. The third-order valence-corrected chi connectivity index (χ3v) is 12.0. The van der Waals surface area contributed by atoms with Crippen molar-refractivity contribution in [1.82, 2.24) is 9.34 Å². The molecule has 0 unspecified atom stereocenters. The van der Waals surface area contributed by atoms with E-state index in [-0.39, 0.29) is 14.0 Å². The second-order valence-electron chi connectivity index (χ2n) is 8.57. The topological polar surface area (TPSA) is 45.3 Å². The molecule has 0 radical (unpaired) electrons. The van der Waals surface area contributed by atoms with Crippen LogP contribution in [0.1, 0.15) is 10.4 Å². The Morgan fingerprint density at radius 3 is 1.48 bits per heavy atom. The molecule has 230 valence electrons. The summed E-state index contributed by atoms with van der Waals surface area (Å²) in [6, 6.07) is 4.11. The fourth-order valence-corrected chi connectivity index (χ4v) is 11.0. The van der Waals surface area contributed by atoms with Gasteiger partial charge in [-0.1, -0.05) is 0 Å². The molecule has 1 aromatic carbocycles. The van der Waals surface area contributed by atoms with Gasteiger partial charge in [0.05, 0.1) is 0 Å². The molecule has 6 nitrogen and oxygen atoms in total. The van der Waals surface area contributed by atoms with Gasteiger partial charge >= 0.3 is 228 Å². The maximum atomic E-state index is 14.6. The Labute approximate surface area is 227 Å². The Balaban J connectivity index is 2.75. The molecular formula is C19H18Cl2F12N3O3P. The minimum absolute atomic E-state index is 0.146. The average molecular weight is 666 g/mol. The Kier molecular flexibility index (Phi) is 7.87. The molecule has 1 aromatic rings. The standard InChI is InChI=1S/C19H18Cl2F12N3O3P/c1-34-12-6-4-3-5-11(12)13(37)35(2)40(34,36(9-7-20)10-8-21)38-14(16(22,23)24,17(25,26)27)15(39-40,18(28,29)30)19(31,32)33/h3-6H,7-10H2,1-2H3. The molecule has 2 heterocycles. The average Bonchev–Trinajstić information content (AvgIpc) is 3.16. The monoisotopic (exact) mass is 665 g/mol. The van der Waals surface area contributed by atoms with Gasteiger partial charge in [0, 0.05) is 0 Å².